The molecule has 3 nitrogen and oxygen atoms in total. The molecule has 0 aliphatic rings. The van der Waals surface area contributed by atoms with Crippen LogP contribution >= 0.6 is 0 Å². The SMILES string of the molecule is CCC(CC)C(NN)c1cc(C)nc(C)c1. The average molecular weight is 221 g/mol. The second-order valence-electron chi connectivity index (χ2n) is 4.40. The summed E-state index contributed by atoms with van der Waals surface area (Å²) in [6.07, 6.45) is 2.26. The van der Waals surface area contributed by atoms with Gasteiger partial charge in [0.05, 0.1) is 0 Å². The Kier molecular flexibility index (Phi) is 4.90. The molecule has 0 aliphatic carbocycles. The molecule has 1 aromatic rings. The topological polar surface area (TPSA) is 50.9 Å². The highest BCUT2D eigenvalue weighted by molar-refractivity contribution is 5.24. The summed E-state index contributed by atoms with van der Waals surface area (Å²) in [5.41, 5.74) is 6.31. The van der Waals surface area contributed by atoms with Crippen LogP contribution in [0, 0.1) is 19.8 Å². The van der Waals surface area contributed by atoms with Crippen LogP contribution in [0.4, 0.5) is 0 Å². The summed E-state index contributed by atoms with van der Waals surface area (Å²) in [6.45, 7) is 8.47. The van der Waals surface area contributed by atoms with Crippen molar-refractivity contribution in [3.05, 3.63) is 29.1 Å². The zero-order chi connectivity index (χ0) is 12.1. The molecule has 1 atom stereocenters. The van der Waals surface area contributed by atoms with E-state index < -0.39 is 0 Å². The fraction of sp³-hybridized carbons (Fsp3) is 0.615. The van der Waals surface area contributed by atoms with Crippen LogP contribution in [0.3, 0.4) is 0 Å². The second kappa shape index (κ2) is 5.97. The van der Waals surface area contributed by atoms with Gasteiger partial charge in [-0.05, 0) is 37.5 Å². The number of aryl methyl sites for hydroxylation is 2. The van der Waals surface area contributed by atoms with E-state index in [4.69, 9.17) is 5.84 Å². The summed E-state index contributed by atoms with van der Waals surface area (Å²) in [6, 6.07) is 4.47. The molecule has 0 aliphatic heterocycles. The molecule has 0 saturated heterocycles. The van der Waals surface area contributed by atoms with Gasteiger partial charge in [-0.3, -0.25) is 16.3 Å². The molecule has 0 bridgehead atoms. The second-order valence-corrected chi connectivity index (χ2v) is 4.40. The molecule has 1 rings (SSSR count). The number of hydrogen-bond acceptors (Lipinski definition) is 3. The van der Waals surface area contributed by atoms with Gasteiger partial charge in [-0.2, -0.15) is 0 Å². The Morgan fingerprint density at radius 2 is 1.69 bits per heavy atom. The van der Waals surface area contributed by atoms with E-state index in [1.54, 1.807) is 0 Å². The third kappa shape index (κ3) is 3.03. The van der Waals surface area contributed by atoms with Crippen molar-refractivity contribution >= 4 is 0 Å². The smallest absolute Gasteiger partial charge is 0.0489 e. The van der Waals surface area contributed by atoms with Crippen LogP contribution < -0.4 is 11.3 Å². The fourth-order valence-corrected chi connectivity index (χ4v) is 2.31. The molecule has 90 valence electrons. The number of nitrogens with two attached hydrogens (primary N) is 1. The quantitative estimate of drug-likeness (QED) is 0.593. The zero-order valence-electron chi connectivity index (χ0n) is 10.7. The Labute approximate surface area is 98.4 Å². The number of hydrazine groups is 1. The molecule has 0 fully saturated rings. The highest BCUT2D eigenvalue weighted by Crippen LogP contribution is 2.27. The van der Waals surface area contributed by atoms with Gasteiger partial charge >= 0.3 is 0 Å². The normalized spacial score (nSPS) is 13.1. The van der Waals surface area contributed by atoms with Crippen molar-refractivity contribution in [1.82, 2.24) is 10.4 Å². The van der Waals surface area contributed by atoms with Gasteiger partial charge in [0.1, 0.15) is 0 Å². The minimum absolute atomic E-state index is 0.232. The summed E-state index contributed by atoms with van der Waals surface area (Å²) in [7, 11) is 0. The van der Waals surface area contributed by atoms with Gasteiger partial charge in [0.15, 0.2) is 0 Å². The van der Waals surface area contributed by atoms with E-state index in [0.29, 0.717) is 5.92 Å². The molecule has 16 heavy (non-hydrogen) atoms. The van der Waals surface area contributed by atoms with E-state index in [-0.39, 0.29) is 6.04 Å². The summed E-state index contributed by atoms with van der Waals surface area (Å²) in [5, 5.41) is 0. The predicted octanol–water partition coefficient (Wildman–Crippen LogP) is 2.64. The molecule has 1 aromatic heterocycles. The third-order valence-electron chi connectivity index (χ3n) is 3.16. The maximum atomic E-state index is 5.69. The van der Waals surface area contributed by atoms with Crippen LogP contribution in [0.15, 0.2) is 12.1 Å². The summed E-state index contributed by atoms with van der Waals surface area (Å²) in [4.78, 5) is 4.39. The maximum absolute atomic E-state index is 5.69. The largest absolute Gasteiger partial charge is 0.271 e. The molecule has 3 N–H and O–H groups in total. The van der Waals surface area contributed by atoms with Crippen LogP contribution in [-0.2, 0) is 0 Å². The van der Waals surface area contributed by atoms with Crippen molar-refractivity contribution in [2.45, 2.75) is 46.6 Å². The number of aromatic nitrogens is 1. The lowest BCUT2D eigenvalue weighted by molar-refractivity contribution is 0.345. The molecular weight excluding hydrogens is 198 g/mol. The molecule has 0 amide bonds. The first-order valence-electron chi connectivity index (χ1n) is 6.03. The highest BCUT2D eigenvalue weighted by Gasteiger charge is 2.19. The van der Waals surface area contributed by atoms with E-state index in [1.807, 2.05) is 13.8 Å². The minimum Gasteiger partial charge on any atom is -0.271 e. The molecule has 3 heteroatoms. The number of rotatable bonds is 5. The molecule has 1 heterocycles. The van der Waals surface area contributed by atoms with Crippen LogP contribution in [0.5, 0.6) is 0 Å². The van der Waals surface area contributed by atoms with Crippen LogP contribution in [0.1, 0.15) is 49.7 Å². The van der Waals surface area contributed by atoms with Crippen molar-refractivity contribution < 1.29 is 0 Å². The van der Waals surface area contributed by atoms with Crippen molar-refractivity contribution in [2.24, 2.45) is 11.8 Å². The first-order chi connectivity index (χ1) is 7.62. The first-order valence-corrected chi connectivity index (χ1v) is 6.03. The van der Waals surface area contributed by atoms with Crippen molar-refractivity contribution in [3.63, 3.8) is 0 Å². The Hall–Kier alpha value is -0.930. The highest BCUT2D eigenvalue weighted by atomic mass is 15.2. The van der Waals surface area contributed by atoms with Gasteiger partial charge in [-0.1, -0.05) is 26.7 Å². The fourth-order valence-electron chi connectivity index (χ4n) is 2.31. The zero-order valence-corrected chi connectivity index (χ0v) is 10.7. The van der Waals surface area contributed by atoms with Gasteiger partial charge < -0.3 is 0 Å². The third-order valence-corrected chi connectivity index (χ3v) is 3.16. The Morgan fingerprint density at radius 3 is 2.06 bits per heavy atom. The average Bonchev–Trinajstić information content (AvgIpc) is 2.24. The Bertz CT molecular complexity index is 312. The Morgan fingerprint density at radius 1 is 1.19 bits per heavy atom. The number of pyridine rings is 1. The molecule has 1 unspecified atom stereocenters. The maximum Gasteiger partial charge on any atom is 0.0489 e. The van der Waals surface area contributed by atoms with Crippen molar-refractivity contribution in [3.8, 4) is 0 Å². The van der Waals surface area contributed by atoms with Crippen LogP contribution in [0.2, 0.25) is 0 Å². The molecule has 0 aromatic carbocycles. The van der Waals surface area contributed by atoms with Gasteiger partial charge in [-0.25, -0.2) is 0 Å². The van der Waals surface area contributed by atoms with Gasteiger partial charge in [0.25, 0.3) is 0 Å². The van der Waals surface area contributed by atoms with Crippen LogP contribution in [-0.4, -0.2) is 4.98 Å². The van der Waals surface area contributed by atoms with Gasteiger partial charge in [0, 0.05) is 17.4 Å². The van der Waals surface area contributed by atoms with Gasteiger partial charge in [-0.15, -0.1) is 0 Å². The summed E-state index contributed by atoms with van der Waals surface area (Å²) >= 11 is 0. The van der Waals surface area contributed by atoms with E-state index in [2.05, 4.69) is 36.4 Å². The predicted molar refractivity (Wildman–Crippen MR) is 67.8 cm³/mol. The number of nitrogens with zero attached hydrogens (tertiary/aromatic N) is 1. The standard InChI is InChI=1S/C13H23N3/c1-5-11(6-2)13(16-14)12-7-9(3)15-10(4)8-12/h7-8,11,13,16H,5-6,14H2,1-4H3. The molecule has 0 saturated carbocycles. The van der Waals surface area contributed by atoms with Crippen molar-refractivity contribution in [2.75, 3.05) is 0 Å². The molecule has 0 spiro atoms. The van der Waals surface area contributed by atoms with Gasteiger partial charge in [0.2, 0.25) is 0 Å². The lowest BCUT2D eigenvalue weighted by Crippen LogP contribution is -2.33. The molecule has 0 radical (unpaired) electrons. The monoisotopic (exact) mass is 221 g/mol. The lowest BCUT2D eigenvalue weighted by Gasteiger charge is -2.25. The van der Waals surface area contributed by atoms with E-state index in [9.17, 15) is 0 Å². The summed E-state index contributed by atoms with van der Waals surface area (Å²) < 4.78 is 0. The lowest BCUT2D eigenvalue weighted by atomic mass is 9.89. The minimum atomic E-state index is 0.232. The van der Waals surface area contributed by atoms with Crippen LogP contribution in [0.25, 0.3) is 0 Å². The van der Waals surface area contributed by atoms with E-state index >= 15 is 0 Å². The first kappa shape index (κ1) is 13.1. The number of hydrogen-bond donors (Lipinski definition) is 2. The Balaban J connectivity index is 3.02. The number of nitrogens with one attached hydrogen (secondary N) is 1. The van der Waals surface area contributed by atoms with E-state index in [1.165, 1.54) is 5.56 Å². The van der Waals surface area contributed by atoms with E-state index in [0.717, 1.165) is 24.2 Å². The molecular formula is C13H23N3. The van der Waals surface area contributed by atoms with Crippen molar-refractivity contribution in [1.29, 1.82) is 0 Å². The summed E-state index contributed by atoms with van der Waals surface area (Å²) in [5.74, 6) is 6.26.